The van der Waals surface area contributed by atoms with Gasteiger partial charge in [-0.15, -0.1) is 0 Å². The molecule has 0 spiro atoms. The Kier molecular flexibility index (Phi) is 3.22. The van der Waals surface area contributed by atoms with Gasteiger partial charge in [0.05, 0.1) is 11.6 Å². The van der Waals surface area contributed by atoms with Gasteiger partial charge in [-0.3, -0.25) is 4.79 Å². The van der Waals surface area contributed by atoms with Crippen LogP contribution >= 0.6 is 0 Å². The molecule has 0 radical (unpaired) electrons. The van der Waals surface area contributed by atoms with Crippen LogP contribution in [0.25, 0.3) is 0 Å². The average molecular weight is 226 g/mol. The molecule has 2 heterocycles. The first-order valence-corrected chi connectivity index (χ1v) is 6.22. The van der Waals surface area contributed by atoms with E-state index in [4.69, 9.17) is 0 Å². The second-order valence-electron chi connectivity index (χ2n) is 5.64. The summed E-state index contributed by atoms with van der Waals surface area (Å²) in [6, 6.07) is -0.0300. The van der Waals surface area contributed by atoms with Crippen molar-refractivity contribution in [3.63, 3.8) is 0 Å². The highest BCUT2D eigenvalue weighted by atomic mass is 16.3. The quantitative estimate of drug-likeness (QED) is 0.678. The number of carbonyl (C=O) groups is 1. The molecule has 16 heavy (non-hydrogen) atoms. The third-order valence-corrected chi connectivity index (χ3v) is 3.73. The Morgan fingerprint density at radius 3 is 2.88 bits per heavy atom. The first kappa shape index (κ1) is 11.9. The van der Waals surface area contributed by atoms with Gasteiger partial charge >= 0.3 is 0 Å². The van der Waals surface area contributed by atoms with Gasteiger partial charge < -0.3 is 15.3 Å². The highest BCUT2D eigenvalue weighted by Gasteiger charge is 2.37. The van der Waals surface area contributed by atoms with Crippen molar-refractivity contribution >= 4 is 5.91 Å². The molecule has 2 rings (SSSR count). The number of hydrogen-bond acceptors (Lipinski definition) is 3. The SMILES string of the molecule is CC1CCNC(C(=O)N2CCC(C)(O)C2)C1. The second kappa shape index (κ2) is 4.34. The van der Waals surface area contributed by atoms with Crippen LogP contribution in [0.4, 0.5) is 0 Å². The molecular weight excluding hydrogens is 204 g/mol. The number of carbonyl (C=O) groups excluding carboxylic acids is 1. The lowest BCUT2D eigenvalue weighted by Gasteiger charge is -2.30. The van der Waals surface area contributed by atoms with Crippen LogP contribution in [0, 0.1) is 5.92 Å². The highest BCUT2D eigenvalue weighted by Crippen LogP contribution is 2.23. The van der Waals surface area contributed by atoms with Crippen LogP contribution in [-0.4, -0.2) is 47.2 Å². The van der Waals surface area contributed by atoms with E-state index in [1.54, 1.807) is 11.8 Å². The van der Waals surface area contributed by atoms with Crippen molar-refractivity contribution in [3.8, 4) is 0 Å². The number of rotatable bonds is 1. The molecule has 2 aliphatic heterocycles. The van der Waals surface area contributed by atoms with Gasteiger partial charge in [0.25, 0.3) is 0 Å². The Morgan fingerprint density at radius 2 is 2.31 bits per heavy atom. The monoisotopic (exact) mass is 226 g/mol. The van der Waals surface area contributed by atoms with Crippen LogP contribution < -0.4 is 5.32 Å². The molecule has 0 aromatic carbocycles. The van der Waals surface area contributed by atoms with Crippen molar-refractivity contribution in [2.24, 2.45) is 5.92 Å². The molecule has 4 heteroatoms. The largest absolute Gasteiger partial charge is 0.388 e. The number of hydrogen-bond donors (Lipinski definition) is 2. The maximum absolute atomic E-state index is 12.2. The Hall–Kier alpha value is -0.610. The topological polar surface area (TPSA) is 52.6 Å². The number of amides is 1. The van der Waals surface area contributed by atoms with Gasteiger partial charge in [-0.25, -0.2) is 0 Å². The lowest BCUT2D eigenvalue weighted by Crippen LogP contribution is -2.50. The second-order valence-corrected chi connectivity index (χ2v) is 5.64. The predicted molar refractivity (Wildman–Crippen MR) is 62.0 cm³/mol. The molecule has 2 N–H and O–H groups in total. The number of aliphatic hydroxyl groups is 1. The zero-order valence-electron chi connectivity index (χ0n) is 10.2. The Balaban J connectivity index is 1.92. The summed E-state index contributed by atoms with van der Waals surface area (Å²) in [5.41, 5.74) is -0.685. The minimum Gasteiger partial charge on any atom is -0.388 e. The molecule has 2 aliphatic rings. The molecule has 2 saturated heterocycles. The number of β-amino-alcohol motifs (C(OH)–C–C–N with tert-alkyl or cyclic N) is 1. The number of nitrogens with zero attached hydrogens (tertiary/aromatic N) is 1. The van der Waals surface area contributed by atoms with Crippen molar-refractivity contribution < 1.29 is 9.90 Å². The summed E-state index contributed by atoms with van der Waals surface area (Å²) < 4.78 is 0. The normalized spacial score (nSPS) is 40.1. The number of piperidine rings is 1. The van der Waals surface area contributed by atoms with E-state index in [1.807, 2.05) is 0 Å². The maximum Gasteiger partial charge on any atom is 0.239 e. The molecule has 0 saturated carbocycles. The summed E-state index contributed by atoms with van der Waals surface area (Å²) in [4.78, 5) is 14.0. The summed E-state index contributed by atoms with van der Waals surface area (Å²) in [5, 5.41) is 13.1. The van der Waals surface area contributed by atoms with E-state index in [9.17, 15) is 9.90 Å². The van der Waals surface area contributed by atoms with Crippen molar-refractivity contribution in [2.75, 3.05) is 19.6 Å². The summed E-state index contributed by atoms with van der Waals surface area (Å²) in [6.07, 6.45) is 2.78. The van der Waals surface area contributed by atoms with Crippen LogP contribution in [-0.2, 0) is 4.79 Å². The van der Waals surface area contributed by atoms with E-state index in [0.29, 0.717) is 25.4 Å². The summed E-state index contributed by atoms with van der Waals surface area (Å²) in [5.74, 6) is 0.794. The smallest absolute Gasteiger partial charge is 0.239 e. The highest BCUT2D eigenvalue weighted by molar-refractivity contribution is 5.82. The third kappa shape index (κ3) is 2.55. The lowest BCUT2D eigenvalue weighted by molar-refractivity contribution is -0.134. The number of likely N-dealkylation sites (tertiary alicyclic amines) is 1. The molecule has 0 bridgehead atoms. The predicted octanol–water partition coefficient (Wildman–Crippen LogP) is 0.358. The van der Waals surface area contributed by atoms with E-state index in [1.165, 1.54) is 0 Å². The Morgan fingerprint density at radius 1 is 1.56 bits per heavy atom. The molecule has 2 fully saturated rings. The third-order valence-electron chi connectivity index (χ3n) is 3.73. The van der Waals surface area contributed by atoms with Gasteiger partial charge in [0, 0.05) is 13.1 Å². The Labute approximate surface area is 97.0 Å². The number of nitrogens with one attached hydrogen (secondary N) is 1. The van der Waals surface area contributed by atoms with E-state index < -0.39 is 5.60 Å². The van der Waals surface area contributed by atoms with Crippen molar-refractivity contribution in [1.29, 1.82) is 0 Å². The fourth-order valence-corrected chi connectivity index (χ4v) is 2.65. The molecule has 0 aromatic rings. The van der Waals surface area contributed by atoms with Crippen LogP contribution in [0.2, 0.25) is 0 Å². The van der Waals surface area contributed by atoms with Gasteiger partial charge in [0.15, 0.2) is 0 Å². The average Bonchev–Trinajstić information content (AvgIpc) is 2.58. The van der Waals surface area contributed by atoms with Gasteiger partial charge in [0.2, 0.25) is 5.91 Å². The van der Waals surface area contributed by atoms with Crippen LogP contribution in [0.5, 0.6) is 0 Å². The molecule has 3 unspecified atom stereocenters. The van der Waals surface area contributed by atoms with Crippen molar-refractivity contribution in [3.05, 3.63) is 0 Å². The van der Waals surface area contributed by atoms with Gasteiger partial charge in [0.1, 0.15) is 0 Å². The summed E-state index contributed by atoms with van der Waals surface area (Å²) in [6.45, 7) is 6.11. The van der Waals surface area contributed by atoms with Gasteiger partial charge in [-0.1, -0.05) is 6.92 Å². The first-order chi connectivity index (χ1) is 7.48. The summed E-state index contributed by atoms with van der Waals surface area (Å²) in [7, 11) is 0. The molecule has 92 valence electrons. The minimum absolute atomic E-state index is 0.0300. The van der Waals surface area contributed by atoms with Crippen LogP contribution in [0.1, 0.15) is 33.1 Å². The van der Waals surface area contributed by atoms with E-state index in [2.05, 4.69) is 12.2 Å². The van der Waals surface area contributed by atoms with E-state index >= 15 is 0 Å². The lowest BCUT2D eigenvalue weighted by atomic mass is 9.93. The first-order valence-electron chi connectivity index (χ1n) is 6.22. The molecule has 1 amide bonds. The zero-order chi connectivity index (χ0) is 11.8. The van der Waals surface area contributed by atoms with E-state index in [-0.39, 0.29) is 11.9 Å². The molecule has 0 aromatic heterocycles. The van der Waals surface area contributed by atoms with E-state index in [0.717, 1.165) is 19.4 Å². The molecule has 4 nitrogen and oxygen atoms in total. The van der Waals surface area contributed by atoms with Crippen LogP contribution in [0.3, 0.4) is 0 Å². The fraction of sp³-hybridized carbons (Fsp3) is 0.917. The van der Waals surface area contributed by atoms with Gasteiger partial charge in [-0.05, 0) is 38.6 Å². The standard InChI is InChI=1S/C12H22N2O2/c1-9-3-5-13-10(7-9)11(15)14-6-4-12(2,16)8-14/h9-10,13,16H,3-8H2,1-2H3. The molecule has 3 atom stereocenters. The van der Waals surface area contributed by atoms with Crippen molar-refractivity contribution in [2.45, 2.75) is 44.8 Å². The minimum atomic E-state index is -0.685. The van der Waals surface area contributed by atoms with Crippen LogP contribution in [0.15, 0.2) is 0 Å². The fourth-order valence-electron chi connectivity index (χ4n) is 2.65. The maximum atomic E-state index is 12.2. The van der Waals surface area contributed by atoms with Gasteiger partial charge in [-0.2, -0.15) is 0 Å². The molecular formula is C12H22N2O2. The summed E-state index contributed by atoms with van der Waals surface area (Å²) >= 11 is 0. The zero-order valence-corrected chi connectivity index (χ0v) is 10.2. The Bertz CT molecular complexity index is 274. The molecule has 0 aliphatic carbocycles. The van der Waals surface area contributed by atoms with Crippen molar-refractivity contribution in [1.82, 2.24) is 10.2 Å².